The van der Waals surface area contributed by atoms with Crippen LogP contribution in [0.1, 0.15) is 47.8 Å². The predicted octanol–water partition coefficient (Wildman–Crippen LogP) is 6.49. The molecule has 0 bridgehead atoms. The summed E-state index contributed by atoms with van der Waals surface area (Å²) in [6.07, 6.45) is 3.29. The number of benzene rings is 3. The number of allylic oxidation sites excluding steroid dienone is 1. The second kappa shape index (κ2) is 10.9. The van der Waals surface area contributed by atoms with Crippen molar-refractivity contribution in [1.82, 2.24) is 0 Å². The monoisotopic (exact) mass is 460 g/mol. The van der Waals surface area contributed by atoms with Gasteiger partial charge in [0.2, 0.25) is 0 Å². The van der Waals surface area contributed by atoms with Crippen LogP contribution >= 0.6 is 0 Å². The van der Waals surface area contributed by atoms with Gasteiger partial charge in [-0.05, 0) is 65.1 Å². The van der Waals surface area contributed by atoms with E-state index in [4.69, 9.17) is 18.9 Å². The molecular formula is C29H32O5. The Labute approximate surface area is 201 Å². The normalized spacial score (nSPS) is 11.4. The summed E-state index contributed by atoms with van der Waals surface area (Å²) >= 11 is 0. The highest BCUT2D eigenvalue weighted by atomic mass is 16.5. The third-order valence-corrected chi connectivity index (χ3v) is 5.52. The van der Waals surface area contributed by atoms with Crippen LogP contribution in [0.3, 0.4) is 0 Å². The van der Waals surface area contributed by atoms with Crippen molar-refractivity contribution in [3.63, 3.8) is 0 Å². The first-order valence-corrected chi connectivity index (χ1v) is 11.1. The molecule has 0 saturated carbocycles. The summed E-state index contributed by atoms with van der Waals surface area (Å²) in [6.45, 7) is 6.89. The number of hydrogen-bond donors (Lipinski definition) is 0. The van der Waals surface area contributed by atoms with Crippen LogP contribution in [0.15, 0.2) is 66.7 Å². The van der Waals surface area contributed by atoms with Crippen LogP contribution in [0.5, 0.6) is 23.0 Å². The Hall–Kier alpha value is -3.73. The highest BCUT2D eigenvalue weighted by molar-refractivity contribution is 6.08. The van der Waals surface area contributed by atoms with Crippen LogP contribution in [-0.2, 0) is 12.0 Å². The number of carbonyl (C=O) groups excluding carboxylic acids is 1. The van der Waals surface area contributed by atoms with Crippen molar-refractivity contribution in [1.29, 1.82) is 0 Å². The van der Waals surface area contributed by atoms with E-state index in [1.54, 1.807) is 38.5 Å². The van der Waals surface area contributed by atoms with Gasteiger partial charge in [-0.15, -0.1) is 0 Å². The number of carbonyl (C=O) groups is 1. The number of hydrogen-bond acceptors (Lipinski definition) is 5. The van der Waals surface area contributed by atoms with Crippen molar-refractivity contribution in [2.75, 3.05) is 21.3 Å². The minimum absolute atomic E-state index is 0.0920. The Balaban J connectivity index is 1.76. The van der Waals surface area contributed by atoms with Crippen molar-refractivity contribution in [2.24, 2.45) is 0 Å². The van der Waals surface area contributed by atoms with Gasteiger partial charge in [-0.3, -0.25) is 4.79 Å². The van der Waals surface area contributed by atoms with Crippen LogP contribution in [-0.4, -0.2) is 27.1 Å². The maximum Gasteiger partial charge on any atom is 0.189 e. The molecule has 0 fully saturated rings. The molecular weight excluding hydrogens is 428 g/mol. The fourth-order valence-corrected chi connectivity index (χ4v) is 3.50. The van der Waals surface area contributed by atoms with E-state index in [1.165, 1.54) is 18.7 Å². The van der Waals surface area contributed by atoms with E-state index in [2.05, 4.69) is 32.9 Å². The summed E-state index contributed by atoms with van der Waals surface area (Å²) in [5.74, 6) is 2.43. The van der Waals surface area contributed by atoms with Crippen LogP contribution in [0, 0.1) is 0 Å². The topological polar surface area (TPSA) is 54.0 Å². The smallest absolute Gasteiger partial charge is 0.189 e. The minimum Gasteiger partial charge on any atom is -0.497 e. The molecule has 0 N–H and O–H groups in total. The van der Waals surface area contributed by atoms with E-state index in [-0.39, 0.29) is 11.2 Å². The molecule has 0 amide bonds. The molecule has 3 aromatic carbocycles. The average molecular weight is 461 g/mol. The molecule has 3 aromatic rings. The van der Waals surface area contributed by atoms with Gasteiger partial charge in [0.15, 0.2) is 5.78 Å². The van der Waals surface area contributed by atoms with Gasteiger partial charge in [-0.25, -0.2) is 0 Å². The van der Waals surface area contributed by atoms with Gasteiger partial charge in [-0.1, -0.05) is 45.0 Å². The van der Waals surface area contributed by atoms with Gasteiger partial charge in [0.1, 0.15) is 29.6 Å². The number of methoxy groups -OCH3 is 3. The maximum atomic E-state index is 12.8. The van der Waals surface area contributed by atoms with E-state index < -0.39 is 0 Å². The van der Waals surface area contributed by atoms with Crippen molar-refractivity contribution < 1.29 is 23.7 Å². The first-order chi connectivity index (χ1) is 16.2. The molecule has 0 heterocycles. The van der Waals surface area contributed by atoms with Gasteiger partial charge in [0, 0.05) is 5.56 Å². The molecule has 3 rings (SSSR count). The number of ether oxygens (including phenoxy) is 4. The Bertz CT molecular complexity index is 1150. The van der Waals surface area contributed by atoms with E-state index >= 15 is 0 Å². The average Bonchev–Trinajstić information content (AvgIpc) is 2.85. The Kier molecular flexibility index (Phi) is 8.00. The molecule has 0 aromatic heterocycles. The highest BCUT2D eigenvalue weighted by Crippen LogP contribution is 2.27. The zero-order chi connectivity index (χ0) is 24.7. The lowest BCUT2D eigenvalue weighted by Gasteiger charge is -2.19. The van der Waals surface area contributed by atoms with Crippen molar-refractivity contribution in [3.8, 4) is 23.0 Å². The van der Waals surface area contributed by atoms with Gasteiger partial charge in [0.25, 0.3) is 0 Å². The molecule has 0 radical (unpaired) electrons. The van der Waals surface area contributed by atoms with Crippen molar-refractivity contribution >= 4 is 11.9 Å². The zero-order valence-corrected chi connectivity index (χ0v) is 20.7. The lowest BCUT2D eigenvalue weighted by Crippen LogP contribution is -2.10. The summed E-state index contributed by atoms with van der Waals surface area (Å²) in [4.78, 5) is 12.8. The lowest BCUT2D eigenvalue weighted by molar-refractivity contribution is 0.104. The van der Waals surface area contributed by atoms with Crippen LogP contribution in [0.2, 0.25) is 0 Å². The summed E-state index contributed by atoms with van der Waals surface area (Å²) in [6, 6.07) is 19.0. The Morgan fingerprint density at radius 1 is 0.794 bits per heavy atom. The molecule has 34 heavy (non-hydrogen) atoms. The molecule has 178 valence electrons. The summed E-state index contributed by atoms with van der Waals surface area (Å²) < 4.78 is 22.1. The van der Waals surface area contributed by atoms with Gasteiger partial charge >= 0.3 is 0 Å². The van der Waals surface area contributed by atoms with E-state index in [0.717, 1.165) is 22.6 Å². The summed E-state index contributed by atoms with van der Waals surface area (Å²) in [5.41, 5.74) is 3.53. The lowest BCUT2D eigenvalue weighted by atomic mass is 9.87. The second-order valence-corrected chi connectivity index (χ2v) is 8.90. The fourth-order valence-electron chi connectivity index (χ4n) is 3.50. The van der Waals surface area contributed by atoms with E-state index in [9.17, 15) is 4.79 Å². The summed E-state index contributed by atoms with van der Waals surface area (Å²) in [7, 11) is 4.73. The number of ketones is 1. The molecule has 0 aliphatic carbocycles. The predicted molar refractivity (Wildman–Crippen MR) is 135 cm³/mol. The SMILES string of the molecule is COc1ccc(OC)c(C(=O)/C=C/c2ccc(OC)c(COc3ccc(C(C)(C)C)cc3)c2)c1. The van der Waals surface area contributed by atoms with Gasteiger partial charge < -0.3 is 18.9 Å². The fraction of sp³-hybridized carbons (Fsp3) is 0.276. The van der Waals surface area contributed by atoms with Gasteiger partial charge in [-0.2, -0.15) is 0 Å². The van der Waals surface area contributed by atoms with Crippen molar-refractivity contribution in [2.45, 2.75) is 32.8 Å². The maximum absolute atomic E-state index is 12.8. The third-order valence-electron chi connectivity index (χ3n) is 5.52. The first kappa shape index (κ1) is 24.9. The first-order valence-electron chi connectivity index (χ1n) is 11.1. The van der Waals surface area contributed by atoms with Gasteiger partial charge in [0.05, 0.1) is 26.9 Å². The largest absolute Gasteiger partial charge is 0.497 e. The van der Waals surface area contributed by atoms with Crippen LogP contribution in [0.4, 0.5) is 0 Å². The standard InChI is InChI=1S/C29H32O5/c1-29(2,3)22-9-11-23(12-10-22)34-19-21-17-20(8-15-27(21)32-5)7-14-26(30)25-18-24(31-4)13-16-28(25)33-6/h7-18H,19H2,1-6H3/b14-7+. The molecule has 0 atom stereocenters. The Morgan fingerprint density at radius 3 is 2.06 bits per heavy atom. The van der Waals surface area contributed by atoms with Crippen LogP contribution < -0.4 is 18.9 Å². The van der Waals surface area contributed by atoms with E-state index in [0.29, 0.717) is 23.7 Å². The van der Waals surface area contributed by atoms with Crippen LogP contribution in [0.25, 0.3) is 6.08 Å². The van der Waals surface area contributed by atoms with E-state index in [1.807, 2.05) is 30.3 Å². The molecule has 0 unspecified atom stereocenters. The second-order valence-electron chi connectivity index (χ2n) is 8.90. The molecule has 0 saturated heterocycles. The molecule has 5 heteroatoms. The highest BCUT2D eigenvalue weighted by Gasteiger charge is 2.14. The molecule has 5 nitrogen and oxygen atoms in total. The van der Waals surface area contributed by atoms with Crippen molar-refractivity contribution in [3.05, 3.63) is 89.0 Å². The molecule has 0 spiro atoms. The Morgan fingerprint density at radius 2 is 1.44 bits per heavy atom. The third kappa shape index (κ3) is 6.19. The minimum atomic E-state index is -0.177. The molecule has 0 aliphatic heterocycles. The molecule has 0 aliphatic rings. The number of rotatable bonds is 9. The summed E-state index contributed by atoms with van der Waals surface area (Å²) in [5, 5.41) is 0. The quantitative estimate of drug-likeness (QED) is 0.270. The zero-order valence-electron chi connectivity index (χ0n) is 20.7.